The third kappa shape index (κ3) is 3.92. The monoisotopic (exact) mass is 365 g/mol. The number of hydrogen-bond donors (Lipinski definition) is 1. The molecule has 1 aromatic carbocycles. The molecule has 140 valence electrons. The van der Waals surface area contributed by atoms with Crippen LogP contribution in [0.2, 0.25) is 0 Å². The quantitative estimate of drug-likeness (QED) is 0.896. The molecule has 1 aromatic heterocycles. The number of nitrogens with one attached hydrogen (secondary N) is 1. The number of carbonyl (C=O) groups is 2. The van der Waals surface area contributed by atoms with Gasteiger partial charge in [-0.2, -0.15) is 0 Å². The summed E-state index contributed by atoms with van der Waals surface area (Å²) in [5.41, 5.74) is 0.866. The van der Waals surface area contributed by atoms with Crippen LogP contribution >= 0.6 is 0 Å². The van der Waals surface area contributed by atoms with Crippen LogP contribution in [-0.4, -0.2) is 52.4 Å². The Balaban J connectivity index is 1.31. The van der Waals surface area contributed by atoms with Gasteiger partial charge in [0.05, 0.1) is 5.92 Å². The summed E-state index contributed by atoms with van der Waals surface area (Å²) < 4.78 is 0. The lowest BCUT2D eigenvalue weighted by molar-refractivity contribution is -0.136. The van der Waals surface area contributed by atoms with Gasteiger partial charge in [0.25, 0.3) is 0 Å². The molecule has 1 atom stereocenters. The number of carbonyl (C=O) groups excluding carboxylic acids is 2. The summed E-state index contributed by atoms with van der Waals surface area (Å²) in [5.74, 6) is 0.695. The van der Waals surface area contributed by atoms with Crippen molar-refractivity contribution in [1.82, 2.24) is 14.9 Å². The summed E-state index contributed by atoms with van der Waals surface area (Å²) in [5, 5.41) is 3.39. The van der Waals surface area contributed by atoms with Crippen molar-refractivity contribution >= 4 is 23.3 Å². The highest BCUT2D eigenvalue weighted by molar-refractivity contribution is 6.00. The predicted molar refractivity (Wildman–Crippen MR) is 102 cm³/mol. The minimum Gasteiger partial charge on any atom is -0.367 e. The maximum absolute atomic E-state index is 12.9. The number of amides is 2. The van der Waals surface area contributed by atoms with Gasteiger partial charge < -0.3 is 15.1 Å². The lowest BCUT2D eigenvalue weighted by Gasteiger charge is -2.34. The van der Waals surface area contributed by atoms with Gasteiger partial charge in [-0.15, -0.1) is 0 Å². The van der Waals surface area contributed by atoms with Gasteiger partial charge in [-0.1, -0.05) is 18.2 Å². The molecule has 0 aliphatic carbocycles. The fraction of sp³-hybridized carbons (Fsp3) is 0.400. The van der Waals surface area contributed by atoms with Crippen molar-refractivity contribution in [2.45, 2.75) is 25.3 Å². The summed E-state index contributed by atoms with van der Waals surface area (Å²) in [6.45, 7) is 1.88. The topological polar surface area (TPSA) is 78.4 Å². The molecule has 4 rings (SSSR count). The SMILES string of the molecule is O=C(C1CC(=O)N(c2ccccc2)C1)N1CCC(Nc2ccncn2)CC1. The molecule has 1 N–H and O–H groups in total. The fourth-order valence-corrected chi connectivity index (χ4v) is 3.82. The normalized spacial score (nSPS) is 20.7. The van der Waals surface area contributed by atoms with Gasteiger partial charge in [-0.3, -0.25) is 9.59 Å². The van der Waals surface area contributed by atoms with E-state index in [4.69, 9.17) is 0 Å². The zero-order chi connectivity index (χ0) is 18.6. The summed E-state index contributed by atoms with van der Waals surface area (Å²) >= 11 is 0. The summed E-state index contributed by atoms with van der Waals surface area (Å²) in [6, 6.07) is 11.7. The van der Waals surface area contributed by atoms with E-state index in [-0.39, 0.29) is 17.7 Å². The van der Waals surface area contributed by atoms with Crippen LogP contribution in [0.5, 0.6) is 0 Å². The van der Waals surface area contributed by atoms with Crippen molar-refractivity contribution in [3.63, 3.8) is 0 Å². The van der Waals surface area contributed by atoms with E-state index >= 15 is 0 Å². The van der Waals surface area contributed by atoms with Gasteiger partial charge in [0.1, 0.15) is 12.1 Å². The highest BCUT2D eigenvalue weighted by Crippen LogP contribution is 2.27. The van der Waals surface area contributed by atoms with Gasteiger partial charge >= 0.3 is 0 Å². The van der Waals surface area contributed by atoms with Gasteiger partial charge in [0.2, 0.25) is 11.8 Å². The van der Waals surface area contributed by atoms with Crippen LogP contribution in [0.25, 0.3) is 0 Å². The first-order valence-corrected chi connectivity index (χ1v) is 9.37. The Bertz CT molecular complexity index is 791. The Hall–Kier alpha value is -2.96. The van der Waals surface area contributed by atoms with E-state index < -0.39 is 0 Å². The molecule has 2 aliphatic heterocycles. The molecule has 0 bridgehead atoms. The molecule has 1 unspecified atom stereocenters. The molecular formula is C20H23N5O2. The fourth-order valence-electron chi connectivity index (χ4n) is 3.82. The van der Waals surface area contributed by atoms with Gasteiger partial charge in [0.15, 0.2) is 0 Å². The molecule has 7 heteroatoms. The Morgan fingerprint density at radius 1 is 1.11 bits per heavy atom. The number of piperidine rings is 1. The van der Waals surface area contributed by atoms with E-state index in [0.717, 1.165) is 24.3 Å². The van der Waals surface area contributed by atoms with Crippen LogP contribution in [0, 0.1) is 5.92 Å². The molecule has 3 heterocycles. The maximum atomic E-state index is 12.9. The van der Waals surface area contributed by atoms with Crippen LogP contribution in [0.1, 0.15) is 19.3 Å². The minimum atomic E-state index is -0.246. The van der Waals surface area contributed by atoms with Crippen molar-refractivity contribution < 1.29 is 9.59 Å². The number of hydrogen-bond acceptors (Lipinski definition) is 5. The number of likely N-dealkylation sites (tertiary alicyclic amines) is 1. The average Bonchev–Trinajstić information content (AvgIpc) is 3.11. The van der Waals surface area contributed by atoms with E-state index in [2.05, 4.69) is 15.3 Å². The van der Waals surface area contributed by atoms with Crippen molar-refractivity contribution in [2.24, 2.45) is 5.92 Å². The molecule has 2 aliphatic rings. The minimum absolute atomic E-state index is 0.0277. The van der Waals surface area contributed by atoms with E-state index in [0.29, 0.717) is 32.1 Å². The van der Waals surface area contributed by atoms with Gasteiger partial charge in [-0.25, -0.2) is 9.97 Å². The van der Waals surface area contributed by atoms with Crippen molar-refractivity contribution in [3.05, 3.63) is 48.9 Å². The number of nitrogens with zero attached hydrogens (tertiary/aromatic N) is 4. The first-order chi connectivity index (χ1) is 13.2. The lowest BCUT2D eigenvalue weighted by atomic mass is 10.0. The first-order valence-electron chi connectivity index (χ1n) is 9.37. The number of rotatable bonds is 4. The zero-order valence-corrected chi connectivity index (χ0v) is 15.1. The Kier molecular flexibility index (Phi) is 5.00. The Morgan fingerprint density at radius 2 is 1.89 bits per heavy atom. The third-order valence-corrected chi connectivity index (χ3v) is 5.28. The zero-order valence-electron chi connectivity index (χ0n) is 15.1. The molecule has 2 fully saturated rings. The molecule has 2 amide bonds. The first kappa shape index (κ1) is 17.5. The highest BCUT2D eigenvalue weighted by atomic mass is 16.2. The van der Waals surface area contributed by atoms with Gasteiger partial charge in [-0.05, 0) is 31.0 Å². The molecule has 0 spiro atoms. The van der Waals surface area contributed by atoms with Crippen LogP contribution in [0.3, 0.4) is 0 Å². The Morgan fingerprint density at radius 3 is 2.59 bits per heavy atom. The van der Waals surface area contributed by atoms with Crippen LogP contribution < -0.4 is 10.2 Å². The number of anilines is 2. The third-order valence-electron chi connectivity index (χ3n) is 5.28. The molecule has 7 nitrogen and oxygen atoms in total. The summed E-state index contributed by atoms with van der Waals surface area (Å²) in [7, 11) is 0. The molecule has 0 radical (unpaired) electrons. The second-order valence-electron chi connectivity index (χ2n) is 7.08. The predicted octanol–water partition coefficient (Wildman–Crippen LogP) is 1.93. The molecular weight excluding hydrogens is 342 g/mol. The van der Waals surface area contributed by atoms with E-state index in [1.165, 1.54) is 6.33 Å². The van der Waals surface area contributed by atoms with E-state index in [9.17, 15) is 9.59 Å². The largest absolute Gasteiger partial charge is 0.367 e. The summed E-state index contributed by atoms with van der Waals surface area (Å²) in [4.78, 5) is 37.0. The molecule has 27 heavy (non-hydrogen) atoms. The second kappa shape index (κ2) is 7.73. The Labute approximate surface area is 158 Å². The van der Waals surface area contributed by atoms with Crippen molar-refractivity contribution in [3.8, 4) is 0 Å². The van der Waals surface area contributed by atoms with E-state index in [1.54, 1.807) is 11.1 Å². The van der Waals surface area contributed by atoms with Crippen LogP contribution in [-0.2, 0) is 9.59 Å². The molecule has 2 saturated heterocycles. The average molecular weight is 365 g/mol. The van der Waals surface area contributed by atoms with Gasteiger partial charge in [0, 0.05) is 44.0 Å². The van der Waals surface area contributed by atoms with Crippen molar-refractivity contribution in [1.29, 1.82) is 0 Å². The van der Waals surface area contributed by atoms with Crippen LogP contribution in [0.15, 0.2) is 48.9 Å². The smallest absolute Gasteiger partial charge is 0.228 e. The maximum Gasteiger partial charge on any atom is 0.228 e. The van der Waals surface area contributed by atoms with Crippen LogP contribution in [0.4, 0.5) is 11.5 Å². The molecule has 2 aromatic rings. The van der Waals surface area contributed by atoms with E-state index in [1.807, 2.05) is 41.3 Å². The standard InChI is InChI=1S/C20H23N5O2/c26-19-12-15(13-25(19)17-4-2-1-3-5-17)20(27)24-10-7-16(8-11-24)23-18-6-9-21-14-22-18/h1-6,9,14-16H,7-8,10-13H2,(H,21,22,23). The highest BCUT2D eigenvalue weighted by Gasteiger charge is 2.38. The lowest BCUT2D eigenvalue weighted by Crippen LogP contribution is -2.45. The second-order valence-corrected chi connectivity index (χ2v) is 7.08. The number of para-hydroxylation sites is 1. The molecule has 0 saturated carbocycles. The summed E-state index contributed by atoms with van der Waals surface area (Å²) in [6.07, 6.45) is 5.28. The number of aromatic nitrogens is 2. The van der Waals surface area contributed by atoms with Crippen molar-refractivity contribution in [2.75, 3.05) is 29.9 Å². The number of benzene rings is 1.